The minimum Gasteiger partial charge on any atom is -0.497 e. The molecule has 2 aromatic carbocycles. The molecule has 23 heavy (non-hydrogen) atoms. The fraction of sp³-hybridized carbons (Fsp3) is 0.0526. The average molecular weight is 308 g/mol. The molecule has 4 nitrogen and oxygen atoms in total. The van der Waals surface area contributed by atoms with E-state index in [1.807, 2.05) is 12.1 Å². The summed E-state index contributed by atoms with van der Waals surface area (Å²) >= 11 is 0. The van der Waals surface area contributed by atoms with Gasteiger partial charge in [-0.05, 0) is 47.5 Å². The fourth-order valence-corrected chi connectivity index (χ4v) is 1.91. The lowest BCUT2D eigenvalue weighted by atomic mass is 10.1. The first kappa shape index (κ1) is 16.2. The van der Waals surface area contributed by atoms with Crippen LogP contribution in [0.4, 0.5) is 0 Å². The maximum Gasteiger partial charge on any atom is 0.328 e. The van der Waals surface area contributed by atoms with Crippen LogP contribution < -0.4 is 4.74 Å². The number of benzene rings is 2. The second-order valence-electron chi connectivity index (χ2n) is 4.76. The Kier molecular flexibility index (Phi) is 5.47. The van der Waals surface area contributed by atoms with Gasteiger partial charge >= 0.3 is 5.97 Å². The number of methoxy groups -OCH3 is 1. The number of carbonyl (C=O) groups is 2. The molecule has 0 aromatic heterocycles. The van der Waals surface area contributed by atoms with Gasteiger partial charge in [0.15, 0.2) is 5.78 Å². The summed E-state index contributed by atoms with van der Waals surface area (Å²) in [6.45, 7) is 0. The molecule has 0 fully saturated rings. The fourth-order valence-electron chi connectivity index (χ4n) is 1.91. The van der Waals surface area contributed by atoms with Crippen LogP contribution in [0, 0.1) is 0 Å². The van der Waals surface area contributed by atoms with Crippen molar-refractivity contribution >= 4 is 23.9 Å². The zero-order valence-corrected chi connectivity index (χ0v) is 12.6. The minimum absolute atomic E-state index is 0.0949. The predicted octanol–water partition coefficient (Wildman–Crippen LogP) is 3.69. The van der Waals surface area contributed by atoms with Crippen molar-refractivity contribution in [1.29, 1.82) is 0 Å². The molecule has 1 N–H and O–H groups in total. The van der Waals surface area contributed by atoms with Gasteiger partial charge in [0.25, 0.3) is 0 Å². The van der Waals surface area contributed by atoms with Gasteiger partial charge in [0.05, 0.1) is 7.11 Å². The first-order valence-corrected chi connectivity index (χ1v) is 6.96. The number of ether oxygens (including phenoxy) is 1. The van der Waals surface area contributed by atoms with Crippen molar-refractivity contribution in [3.63, 3.8) is 0 Å². The Morgan fingerprint density at radius 1 is 0.870 bits per heavy atom. The normalized spacial score (nSPS) is 11.0. The minimum atomic E-state index is -0.987. The Bertz CT molecular complexity index is 738. The Morgan fingerprint density at radius 2 is 1.39 bits per heavy atom. The van der Waals surface area contributed by atoms with Gasteiger partial charge in [-0.15, -0.1) is 0 Å². The molecule has 4 heteroatoms. The van der Waals surface area contributed by atoms with Gasteiger partial charge in [0.2, 0.25) is 0 Å². The summed E-state index contributed by atoms with van der Waals surface area (Å²) in [5.41, 5.74) is 2.23. The van der Waals surface area contributed by atoms with E-state index in [-0.39, 0.29) is 5.78 Å². The van der Waals surface area contributed by atoms with Crippen LogP contribution in [-0.2, 0) is 4.79 Å². The third-order valence-electron chi connectivity index (χ3n) is 3.16. The van der Waals surface area contributed by atoms with Crippen LogP contribution in [-0.4, -0.2) is 24.0 Å². The third kappa shape index (κ3) is 4.97. The number of allylic oxidation sites excluding steroid dienone is 1. The van der Waals surface area contributed by atoms with Gasteiger partial charge in [-0.2, -0.15) is 0 Å². The number of aliphatic carboxylic acids is 1. The summed E-state index contributed by atoms with van der Waals surface area (Å²) in [6, 6.07) is 14.1. The summed E-state index contributed by atoms with van der Waals surface area (Å²) in [5, 5.41) is 8.57. The number of carboxylic acids is 1. The predicted molar refractivity (Wildman–Crippen MR) is 89.5 cm³/mol. The second kappa shape index (κ2) is 7.75. The van der Waals surface area contributed by atoms with Gasteiger partial charge in [0.1, 0.15) is 5.75 Å². The smallest absolute Gasteiger partial charge is 0.328 e. The topological polar surface area (TPSA) is 63.6 Å². The summed E-state index contributed by atoms with van der Waals surface area (Å²) in [7, 11) is 1.58. The first-order valence-electron chi connectivity index (χ1n) is 6.96. The number of carbonyl (C=O) groups excluding carboxylic acids is 1. The molecular formula is C19H16O4. The standard InChI is InChI=1S/C19H16O4/c1-23-17-10-8-16(9-11-17)18(20)12-6-14-2-4-15(5-3-14)7-13-19(21)22/h2-13H,1H3,(H,21,22)/b12-6+,13-7+. The van der Waals surface area contributed by atoms with Crippen molar-refractivity contribution in [2.45, 2.75) is 0 Å². The lowest BCUT2D eigenvalue weighted by Gasteiger charge is -2.00. The molecule has 116 valence electrons. The molecule has 0 amide bonds. The van der Waals surface area contributed by atoms with Crippen LogP contribution in [0.25, 0.3) is 12.2 Å². The van der Waals surface area contributed by atoms with Crippen molar-refractivity contribution in [3.05, 3.63) is 77.4 Å². The summed E-state index contributed by atoms with van der Waals surface area (Å²) < 4.78 is 5.05. The number of rotatable bonds is 6. The number of carboxylic acid groups (broad SMARTS) is 1. The molecule has 0 unspecified atom stereocenters. The zero-order valence-electron chi connectivity index (χ0n) is 12.6. The zero-order chi connectivity index (χ0) is 16.7. The van der Waals surface area contributed by atoms with E-state index in [0.29, 0.717) is 11.3 Å². The van der Waals surface area contributed by atoms with E-state index >= 15 is 0 Å². The van der Waals surface area contributed by atoms with Crippen LogP contribution in [0.5, 0.6) is 5.75 Å². The molecule has 0 saturated carbocycles. The summed E-state index contributed by atoms with van der Waals surface area (Å²) in [4.78, 5) is 22.5. The monoisotopic (exact) mass is 308 g/mol. The van der Waals surface area contributed by atoms with E-state index in [0.717, 1.165) is 17.2 Å². The molecule has 2 aromatic rings. The molecule has 0 radical (unpaired) electrons. The Balaban J connectivity index is 2.04. The largest absolute Gasteiger partial charge is 0.497 e. The van der Waals surface area contributed by atoms with Gasteiger partial charge in [-0.25, -0.2) is 4.79 Å². The maximum absolute atomic E-state index is 12.1. The van der Waals surface area contributed by atoms with Crippen molar-refractivity contribution < 1.29 is 19.4 Å². The van der Waals surface area contributed by atoms with Crippen LogP contribution in [0.15, 0.2) is 60.7 Å². The second-order valence-corrected chi connectivity index (χ2v) is 4.76. The van der Waals surface area contributed by atoms with Crippen LogP contribution in [0.2, 0.25) is 0 Å². The molecular weight excluding hydrogens is 292 g/mol. The molecule has 0 aliphatic carbocycles. The first-order chi connectivity index (χ1) is 11.1. The van der Waals surface area contributed by atoms with E-state index in [1.54, 1.807) is 49.6 Å². The molecule has 0 spiro atoms. The average Bonchev–Trinajstić information content (AvgIpc) is 2.58. The molecule has 0 saturated heterocycles. The van der Waals surface area contributed by atoms with E-state index in [4.69, 9.17) is 9.84 Å². The highest BCUT2D eigenvalue weighted by Gasteiger charge is 2.01. The van der Waals surface area contributed by atoms with Gasteiger partial charge < -0.3 is 9.84 Å². The lowest BCUT2D eigenvalue weighted by molar-refractivity contribution is -0.131. The van der Waals surface area contributed by atoms with Crippen molar-refractivity contribution in [3.8, 4) is 5.75 Å². The van der Waals surface area contributed by atoms with Crippen molar-refractivity contribution in [2.24, 2.45) is 0 Å². The van der Waals surface area contributed by atoms with Crippen molar-refractivity contribution in [2.75, 3.05) is 7.11 Å². The number of hydrogen-bond donors (Lipinski definition) is 1. The molecule has 0 heterocycles. The SMILES string of the molecule is COc1ccc(C(=O)/C=C/c2ccc(/C=C/C(=O)O)cc2)cc1. The Morgan fingerprint density at radius 3 is 1.87 bits per heavy atom. The van der Waals surface area contributed by atoms with Gasteiger partial charge in [-0.3, -0.25) is 4.79 Å². The molecule has 0 bridgehead atoms. The van der Waals surface area contributed by atoms with Crippen LogP contribution in [0.1, 0.15) is 21.5 Å². The molecule has 0 atom stereocenters. The quantitative estimate of drug-likeness (QED) is 0.653. The molecule has 0 aliphatic heterocycles. The van der Waals surface area contributed by atoms with Crippen LogP contribution >= 0.6 is 0 Å². The van der Waals surface area contributed by atoms with E-state index in [2.05, 4.69) is 0 Å². The van der Waals surface area contributed by atoms with Crippen LogP contribution in [0.3, 0.4) is 0 Å². The Hall–Kier alpha value is -3.14. The van der Waals surface area contributed by atoms with E-state index in [9.17, 15) is 9.59 Å². The van der Waals surface area contributed by atoms with E-state index < -0.39 is 5.97 Å². The number of ketones is 1. The van der Waals surface area contributed by atoms with Gasteiger partial charge in [0, 0.05) is 11.6 Å². The highest BCUT2D eigenvalue weighted by Crippen LogP contribution is 2.13. The Labute approximate surface area is 134 Å². The highest BCUT2D eigenvalue weighted by atomic mass is 16.5. The van der Waals surface area contributed by atoms with Crippen molar-refractivity contribution in [1.82, 2.24) is 0 Å². The van der Waals surface area contributed by atoms with Gasteiger partial charge in [-0.1, -0.05) is 30.3 Å². The summed E-state index contributed by atoms with van der Waals surface area (Å²) in [5.74, 6) is -0.378. The molecule has 0 aliphatic rings. The molecule has 2 rings (SSSR count). The van der Waals surface area contributed by atoms with E-state index in [1.165, 1.54) is 12.2 Å². The highest BCUT2D eigenvalue weighted by molar-refractivity contribution is 6.06. The third-order valence-corrected chi connectivity index (χ3v) is 3.16. The summed E-state index contributed by atoms with van der Waals surface area (Å²) in [6.07, 6.45) is 5.82. The lowest BCUT2D eigenvalue weighted by Crippen LogP contribution is -1.94. The maximum atomic E-state index is 12.1. The number of hydrogen-bond acceptors (Lipinski definition) is 3.